The largest absolute Gasteiger partial charge is 0.384 e. The van der Waals surface area contributed by atoms with Gasteiger partial charge in [0.1, 0.15) is 5.82 Å². The summed E-state index contributed by atoms with van der Waals surface area (Å²) in [5, 5.41) is 0. The van der Waals surface area contributed by atoms with Crippen LogP contribution in [0, 0.1) is 0 Å². The SMILES string of the molecule is CC/C=C\c1nc(N)ccc1CC. The van der Waals surface area contributed by atoms with E-state index in [0.29, 0.717) is 5.82 Å². The highest BCUT2D eigenvalue weighted by molar-refractivity contribution is 5.52. The van der Waals surface area contributed by atoms with Crippen molar-refractivity contribution in [2.45, 2.75) is 26.7 Å². The molecule has 0 unspecified atom stereocenters. The van der Waals surface area contributed by atoms with E-state index in [1.165, 1.54) is 5.56 Å². The van der Waals surface area contributed by atoms with E-state index in [1.54, 1.807) is 0 Å². The Bertz CT molecular complexity index is 303. The number of allylic oxidation sites excluding steroid dienone is 1. The molecule has 0 spiro atoms. The average Bonchev–Trinajstić information content (AvgIpc) is 2.15. The summed E-state index contributed by atoms with van der Waals surface area (Å²) in [6.45, 7) is 4.23. The van der Waals surface area contributed by atoms with E-state index in [9.17, 15) is 0 Å². The fourth-order valence-electron chi connectivity index (χ4n) is 1.19. The molecule has 2 N–H and O–H groups in total. The zero-order chi connectivity index (χ0) is 9.68. The molecule has 1 aromatic rings. The Morgan fingerprint density at radius 1 is 1.38 bits per heavy atom. The Kier molecular flexibility index (Phi) is 3.50. The normalized spacial score (nSPS) is 10.9. The second kappa shape index (κ2) is 4.65. The van der Waals surface area contributed by atoms with Crippen LogP contribution in [0.5, 0.6) is 0 Å². The second-order valence-electron chi connectivity index (χ2n) is 2.94. The molecule has 0 radical (unpaired) electrons. The first kappa shape index (κ1) is 9.78. The van der Waals surface area contributed by atoms with Crippen LogP contribution in [-0.2, 0) is 6.42 Å². The number of nitrogen functional groups attached to an aromatic ring is 1. The third-order valence-corrected chi connectivity index (χ3v) is 1.93. The second-order valence-corrected chi connectivity index (χ2v) is 2.94. The zero-order valence-corrected chi connectivity index (χ0v) is 8.25. The Hall–Kier alpha value is -1.31. The maximum atomic E-state index is 5.61. The van der Waals surface area contributed by atoms with Gasteiger partial charge in [0.25, 0.3) is 0 Å². The Balaban J connectivity index is 3.01. The maximum Gasteiger partial charge on any atom is 0.124 e. The van der Waals surface area contributed by atoms with Crippen molar-refractivity contribution in [2.75, 3.05) is 5.73 Å². The van der Waals surface area contributed by atoms with Crippen molar-refractivity contribution in [1.29, 1.82) is 0 Å². The van der Waals surface area contributed by atoms with E-state index in [-0.39, 0.29) is 0 Å². The van der Waals surface area contributed by atoms with E-state index in [1.807, 2.05) is 18.2 Å². The number of aryl methyl sites for hydroxylation is 1. The van der Waals surface area contributed by atoms with Gasteiger partial charge in [0.15, 0.2) is 0 Å². The van der Waals surface area contributed by atoms with Gasteiger partial charge in [-0.05, 0) is 30.5 Å². The third kappa shape index (κ3) is 2.58. The van der Waals surface area contributed by atoms with E-state index >= 15 is 0 Å². The zero-order valence-electron chi connectivity index (χ0n) is 8.25. The van der Waals surface area contributed by atoms with Gasteiger partial charge >= 0.3 is 0 Å². The lowest BCUT2D eigenvalue weighted by Gasteiger charge is -2.02. The quantitative estimate of drug-likeness (QED) is 0.769. The number of nitrogens with two attached hydrogens (primary N) is 1. The van der Waals surface area contributed by atoms with E-state index < -0.39 is 0 Å². The summed E-state index contributed by atoms with van der Waals surface area (Å²) in [4.78, 5) is 4.27. The van der Waals surface area contributed by atoms with Gasteiger partial charge in [-0.2, -0.15) is 0 Å². The molecule has 0 aromatic carbocycles. The molecule has 1 heterocycles. The summed E-state index contributed by atoms with van der Waals surface area (Å²) in [7, 11) is 0. The van der Waals surface area contributed by atoms with Crippen LogP contribution in [0.2, 0.25) is 0 Å². The molecule has 1 rings (SSSR count). The summed E-state index contributed by atoms with van der Waals surface area (Å²) >= 11 is 0. The first-order valence-electron chi connectivity index (χ1n) is 4.69. The summed E-state index contributed by atoms with van der Waals surface area (Å²) < 4.78 is 0. The van der Waals surface area contributed by atoms with Gasteiger partial charge in [-0.3, -0.25) is 0 Å². The molecule has 0 saturated heterocycles. The molecule has 13 heavy (non-hydrogen) atoms. The maximum absolute atomic E-state index is 5.61. The molecule has 0 amide bonds. The number of rotatable bonds is 3. The minimum absolute atomic E-state index is 0.591. The number of hydrogen-bond acceptors (Lipinski definition) is 2. The van der Waals surface area contributed by atoms with Crippen LogP contribution < -0.4 is 5.73 Å². The number of nitrogens with zero attached hydrogens (tertiary/aromatic N) is 1. The van der Waals surface area contributed by atoms with Crippen molar-refractivity contribution >= 4 is 11.9 Å². The molecule has 70 valence electrons. The molecule has 0 aliphatic rings. The van der Waals surface area contributed by atoms with Crippen molar-refractivity contribution in [3.63, 3.8) is 0 Å². The third-order valence-electron chi connectivity index (χ3n) is 1.93. The predicted octanol–water partition coefficient (Wildman–Crippen LogP) is 2.65. The van der Waals surface area contributed by atoms with Crippen molar-refractivity contribution in [3.05, 3.63) is 29.5 Å². The smallest absolute Gasteiger partial charge is 0.124 e. The molecule has 0 saturated carbocycles. The minimum Gasteiger partial charge on any atom is -0.384 e. The monoisotopic (exact) mass is 176 g/mol. The van der Waals surface area contributed by atoms with Crippen LogP contribution in [0.4, 0.5) is 5.82 Å². The predicted molar refractivity (Wildman–Crippen MR) is 57.4 cm³/mol. The summed E-state index contributed by atoms with van der Waals surface area (Å²) in [6.07, 6.45) is 6.16. The summed E-state index contributed by atoms with van der Waals surface area (Å²) in [5.41, 5.74) is 7.86. The van der Waals surface area contributed by atoms with Crippen LogP contribution in [0.1, 0.15) is 31.5 Å². The first-order valence-corrected chi connectivity index (χ1v) is 4.69. The van der Waals surface area contributed by atoms with Gasteiger partial charge in [0.2, 0.25) is 0 Å². The van der Waals surface area contributed by atoms with Gasteiger partial charge in [-0.1, -0.05) is 26.0 Å². The minimum atomic E-state index is 0.591. The molecule has 0 aliphatic heterocycles. The Morgan fingerprint density at radius 3 is 2.77 bits per heavy atom. The molecule has 2 nitrogen and oxygen atoms in total. The summed E-state index contributed by atoms with van der Waals surface area (Å²) in [6, 6.07) is 3.89. The fraction of sp³-hybridized carbons (Fsp3) is 0.364. The van der Waals surface area contributed by atoms with Crippen molar-refractivity contribution in [3.8, 4) is 0 Å². The van der Waals surface area contributed by atoms with E-state index in [0.717, 1.165) is 18.5 Å². The Morgan fingerprint density at radius 2 is 2.15 bits per heavy atom. The van der Waals surface area contributed by atoms with Crippen LogP contribution >= 0.6 is 0 Å². The van der Waals surface area contributed by atoms with Crippen molar-refractivity contribution < 1.29 is 0 Å². The number of pyridine rings is 1. The molecule has 0 aliphatic carbocycles. The summed E-state index contributed by atoms with van der Waals surface area (Å²) in [5.74, 6) is 0.591. The topological polar surface area (TPSA) is 38.9 Å². The van der Waals surface area contributed by atoms with Gasteiger partial charge in [-0.25, -0.2) is 4.98 Å². The molecular formula is C11H16N2. The molecule has 0 atom stereocenters. The standard InChI is InChI=1S/C11H16N2/c1-3-5-6-10-9(4-2)7-8-11(12)13-10/h5-8H,3-4H2,1-2H3,(H2,12,13)/b6-5-. The highest BCUT2D eigenvalue weighted by Gasteiger charge is 1.98. The van der Waals surface area contributed by atoms with Crippen LogP contribution in [0.15, 0.2) is 18.2 Å². The lowest BCUT2D eigenvalue weighted by atomic mass is 10.1. The number of anilines is 1. The van der Waals surface area contributed by atoms with Gasteiger partial charge < -0.3 is 5.73 Å². The van der Waals surface area contributed by atoms with Crippen molar-refractivity contribution in [1.82, 2.24) is 4.98 Å². The van der Waals surface area contributed by atoms with Crippen LogP contribution in [-0.4, -0.2) is 4.98 Å². The first-order chi connectivity index (χ1) is 6.27. The van der Waals surface area contributed by atoms with Gasteiger partial charge in [-0.15, -0.1) is 0 Å². The van der Waals surface area contributed by atoms with Gasteiger partial charge in [0, 0.05) is 0 Å². The molecule has 0 bridgehead atoms. The lowest BCUT2D eigenvalue weighted by molar-refractivity contribution is 1.09. The number of aromatic nitrogens is 1. The molecule has 0 fully saturated rings. The van der Waals surface area contributed by atoms with E-state index in [4.69, 9.17) is 5.73 Å². The van der Waals surface area contributed by atoms with Crippen LogP contribution in [0.25, 0.3) is 6.08 Å². The Labute approximate surface area is 79.5 Å². The molecule has 2 heteroatoms. The number of hydrogen-bond donors (Lipinski definition) is 1. The lowest BCUT2D eigenvalue weighted by Crippen LogP contribution is -1.96. The van der Waals surface area contributed by atoms with Crippen LogP contribution in [0.3, 0.4) is 0 Å². The molecular weight excluding hydrogens is 160 g/mol. The highest BCUT2D eigenvalue weighted by Crippen LogP contribution is 2.11. The fourth-order valence-corrected chi connectivity index (χ4v) is 1.19. The highest BCUT2D eigenvalue weighted by atomic mass is 14.8. The average molecular weight is 176 g/mol. The van der Waals surface area contributed by atoms with E-state index in [2.05, 4.69) is 24.9 Å². The van der Waals surface area contributed by atoms with Crippen molar-refractivity contribution in [2.24, 2.45) is 0 Å². The van der Waals surface area contributed by atoms with Gasteiger partial charge in [0.05, 0.1) is 5.69 Å². The molecule has 1 aromatic heterocycles.